The van der Waals surface area contributed by atoms with E-state index in [1.807, 2.05) is 4.90 Å². The van der Waals surface area contributed by atoms with E-state index in [0.29, 0.717) is 6.04 Å². The third-order valence-corrected chi connectivity index (χ3v) is 4.36. The standard InChI is InChI=1S/C13H23N3O2/c17-13(12-3-1-2-8-18-12)16-6-4-15(5-7-16)11-9-14-10-11/h11-12,14H,1-10H2. The van der Waals surface area contributed by atoms with Crippen molar-refractivity contribution in [3.05, 3.63) is 0 Å². The fourth-order valence-corrected chi connectivity index (χ4v) is 2.98. The van der Waals surface area contributed by atoms with Crippen molar-refractivity contribution in [3.63, 3.8) is 0 Å². The summed E-state index contributed by atoms with van der Waals surface area (Å²) in [5, 5.41) is 3.30. The number of piperazine rings is 1. The molecule has 1 unspecified atom stereocenters. The number of hydrogen-bond acceptors (Lipinski definition) is 4. The summed E-state index contributed by atoms with van der Waals surface area (Å²) in [6, 6.07) is 0.702. The van der Waals surface area contributed by atoms with Crippen molar-refractivity contribution in [2.24, 2.45) is 0 Å². The Balaban J connectivity index is 1.47. The first kappa shape index (κ1) is 12.4. The lowest BCUT2D eigenvalue weighted by Crippen LogP contribution is -2.62. The summed E-state index contributed by atoms with van der Waals surface area (Å²) < 4.78 is 5.58. The minimum atomic E-state index is -0.157. The average molecular weight is 253 g/mol. The van der Waals surface area contributed by atoms with Gasteiger partial charge in [0, 0.05) is 51.9 Å². The first-order valence-corrected chi connectivity index (χ1v) is 7.20. The molecule has 1 amide bonds. The Morgan fingerprint density at radius 2 is 1.89 bits per heavy atom. The van der Waals surface area contributed by atoms with Gasteiger partial charge in [0.1, 0.15) is 6.10 Å². The van der Waals surface area contributed by atoms with Gasteiger partial charge < -0.3 is 15.0 Å². The number of ether oxygens (including phenoxy) is 1. The largest absolute Gasteiger partial charge is 0.368 e. The summed E-state index contributed by atoms with van der Waals surface area (Å²) in [6.45, 7) is 6.75. The van der Waals surface area contributed by atoms with Gasteiger partial charge in [0.2, 0.25) is 0 Å². The molecule has 0 radical (unpaired) electrons. The van der Waals surface area contributed by atoms with Gasteiger partial charge >= 0.3 is 0 Å². The van der Waals surface area contributed by atoms with Crippen LogP contribution in [0.3, 0.4) is 0 Å². The van der Waals surface area contributed by atoms with Gasteiger partial charge in [-0.3, -0.25) is 9.69 Å². The topological polar surface area (TPSA) is 44.8 Å². The normalized spacial score (nSPS) is 31.1. The van der Waals surface area contributed by atoms with Crippen molar-refractivity contribution in [1.29, 1.82) is 0 Å². The predicted octanol–water partition coefficient (Wildman–Crippen LogP) is -0.328. The molecule has 1 N–H and O–H groups in total. The van der Waals surface area contributed by atoms with E-state index in [9.17, 15) is 4.79 Å². The fourth-order valence-electron chi connectivity index (χ4n) is 2.98. The number of nitrogens with one attached hydrogen (secondary N) is 1. The molecule has 102 valence electrons. The molecule has 18 heavy (non-hydrogen) atoms. The summed E-state index contributed by atoms with van der Waals surface area (Å²) in [5.74, 6) is 0.223. The lowest BCUT2D eigenvalue weighted by Gasteiger charge is -2.43. The summed E-state index contributed by atoms with van der Waals surface area (Å²) in [4.78, 5) is 16.8. The molecular formula is C13H23N3O2. The van der Waals surface area contributed by atoms with Gasteiger partial charge in [0.05, 0.1) is 0 Å². The number of nitrogens with zero attached hydrogens (tertiary/aromatic N) is 2. The Bertz CT molecular complexity index is 293. The molecule has 3 aliphatic rings. The smallest absolute Gasteiger partial charge is 0.251 e. The first-order valence-electron chi connectivity index (χ1n) is 7.20. The molecule has 0 aromatic carbocycles. The minimum Gasteiger partial charge on any atom is -0.368 e. The number of carbonyl (C=O) groups is 1. The molecule has 0 spiro atoms. The van der Waals surface area contributed by atoms with Crippen LogP contribution in [0.2, 0.25) is 0 Å². The van der Waals surface area contributed by atoms with E-state index in [1.54, 1.807) is 0 Å². The van der Waals surface area contributed by atoms with E-state index in [-0.39, 0.29) is 12.0 Å². The third kappa shape index (κ3) is 2.53. The monoisotopic (exact) mass is 253 g/mol. The van der Waals surface area contributed by atoms with Crippen molar-refractivity contribution in [2.45, 2.75) is 31.4 Å². The number of amides is 1. The molecule has 3 rings (SSSR count). The van der Waals surface area contributed by atoms with Crippen LogP contribution in [0, 0.1) is 0 Å². The highest BCUT2D eigenvalue weighted by atomic mass is 16.5. The van der Waals surface area contributed by atoms with E-state index >= 15 is 0 Å². The Morgan fingerprint density at radius 3 is 2.44 bits per heavy atom. The van der Waals surface area contributed by atoms with Crippen LogP contribution in [0.5, 0.6) is 0 Å². The molecule has 5 nitrogen and oxygen atoms in total. The summed E-state index contributed by atoms with van der Waals surface area (Å²) in [5.41, 5.74) is 0. The lowest BCUT2D eigenvalue weighted by molar-refractivity contribution is -0.148. The van der Waals surface area contributed by atoms with Crippen molar-refractivity contribution < 1.29 is 9.53 Å². The molecule has 0 aliphatic carbocycles. The van der Waals surface area contributed by atoms with Crippen molar-refractivity contribution in [2.75, 3.05) is 45.9 Å². The quantitative estimate of drug-likeness (QED) is 0.732. The van der Waals surface area contributed by atoms with Gasteiger partial charge in [-0.25, -0.2) is 0 Å². The van der Waals surface area contributed by atoms with E-state index in [4.69, 9.17) is 4.74 Å². The maximum Gasteiger partial charge on any atom is 0.251 e. The molecule has 0 aromatic rings. The Labute approximate surface area is 108 Å². The maximum atomic E-state index is 12.3. The van der Waals surface area contributed by atoms with Crippen molar-refractivity contribution in [3.8, 4) is 0 Å². The van der Waals surface area contributed by atoms with Crippen LogP contribution in [0.15, 0.2) is 0 Å². The molecule has 1 atom stereocenters. The van der Waals surface area contributed by atoms with Crippen molar-refractivity contribution >= 4 is 5.91 Å². The van der Waals surface area contributed by atoms with Crippen LogP contribution >= 0.6 is 0 Å². The van der Waals surface area contributed by atoms with Gasteiger partial charge in [-0.15, -0.1) is 0 Å². The van der Waals surface area contributed by atoms with Crippen LogP contribution in [-0.2, 0) is 9.53 Å². The molecule has 0 aromatic heterocycles. The zero-order valence-corrected chi connectivity index (χ0v) is 10.9. The second-order valence-corrected chi connectivity index (χ2v) is 5.53. The second kappa shape index (κ2) is 5.55. The highest BCUT2D eigenvalue weighted by Crippen LogP contribution is 2.17. The molecule has 0 bridgehead atoms. The second-order valence-electron chi connectivity index (χ2n) is 5.53. The highest BCUT2D eigenvalue weighted by Gasteiger charge is 2.32. The van der Waals surface area contributed by atoms with Crippen LogP contribution in [0.4, 0.5) is 0 Å². The third-order valence-electron chi connectivity index (χ3n) is 4.36. The van der Waals surface area contributed by atoms with Gasteiger partial charge in [-0.05, 0) is 19.3 Å². The summed E-state index contributed by atoms with van der Waals surface area (Å²) in [7, 11) is 0. The highest BCUT2D eigenvalue weighted by molar-refractivity contribution is 5.81. The van der Waals surface area contributed by atoms with Crippen molar-refractivity contribution in [1.82, 2.24) is 15.1 Å². The maximum absolute atomic E-state index is 12.3. The predicted molar refractivity (Wildman–Crippen MR) is 68.4 cm³/mol. The number of hydrogen-bond donors (Lipinski definition) is 1. The summed E-state index contributed by atoms with van der Waals surface area (Å²) >= 11 is 0. The van der Waals surface area contributed by atoms with Crippen LogP contribution in [-0.4, -0.2) is 73.7 Å². The number of carbonyl (C=O) groups excluding carboxylic acids is 1. The van der Waals surface area contributed by atoms with Crippen LogP contribution in [0.25, 0.3) is 0 Å². The minimum absolute atomic E-state index is 0.157. The van der Waals surface area contributed by atoms with E-state index in [1.165, 1.54) is 0 Å². The molecule has 3 fully saturated rings. The Morgan fingerprint density at radius 1 is 1.11 bits per heavy atom. The van der Waals surface area contributed by atoms with Gasteiger partial charge in [0.15, 0.2) is 0 Å². The Kier molecular flexibility index (Phi) is 3.82. The van der Waals surface area contributed by atoms with E-state index in [2.05, 4.69) is 10.2 Å². The van der Waals surface area contributed by atoms with E-state index < -0.39 is 0 Å². The average Bonchev–Trinajstić information content (AvgIpc) is 2.38. The first-order chi connectivity index (χ1) is 8.84. The number of rotatable bonds is 2. The zero-order valence-electron chi connectivity index (χ0n) is 10.9. The molecule has 3 heterocycles. The fraction of sp³-hybridized carbons (Fsp3) is 0.923. The van der Waals surface area contributed by atoms with Gasteiger partial charge in [-0.2, -0.15) is 0 Å². The molecule has 5 heteroatoms. The molecule has 0 saturated carbocycles. The molecule has 3 aliphatic heterocycles. The molecule has 3 saturated heterocycles. The summed E-state index contributed by atoms with van der Waals surface area (Å²) in [6.07, 6.45) is 2.98. The molecular weight excluding hydrogens is 230 g/mol. The lowest BCUT2D eigenvalue weighted by atomic mass is 10.1. The SMILES string of the molecule is O=C(C1CCCCO1)N1CCN(C2CNC2)CC1. The van der Waals surface area contributed by atoms with Gasteiger partial charge in [0.25, 0.3) is 5.91 Å². The Hall–Kier alpha value is -0.650. The zero-order chi connectivity index (χ0) is 12.4. The van der Waals surface area contributed by atoms with Crippen LogP contribution < -0.4 is 5.32 Å². The van der Waals surface area contributed by atoms with E-state index in [0.717, 1.165) is 65.1 Å². The van der Waals surface area contributed by atoms with Gasteiger partial charge in [-0.1, -0.05) is 0 Å². The van der Waals surface area contributed by atoms with Crippen LogP contribution in [0.1, 0.15) is 19.3 Å².